The molecule has 0 aliphatic carbocycles. The van der Waals surface area contributed by atoms with Gasteiger partial charge in [0.15, 0.2) is 0 Å². The van der Waals surface area contributed by atoms with Gasteiger partial charge >= 0.3 is 121 Å². The van der Waals surface area contributed by atoms with Crippen molar-refractivity contribution in [1.82, 2.24) is 9.80 Å². The van der Waals surface area contributed by atoms with Gasteiger partial charge in [-0.15, -0.1) is 0 Å². The summed E-state index contributed by atoms with van der Waals surface area (Å²) in [6.07, 6.45) is 2.92. The number of amides is 2. The molecule has 0 spiro atoms. The first-order valence-electron chi connectivity index (χ1n) is 6.19. The summed E-state index contributed by atoms with van der Waals surface area (Å²) in [5.74, 6) is 0.000145. The number of rotatable bonds is 2. The normalized spacial score (nSPS) is 21.3. The van der Waals surface area contributed by atoms with Gasteiger partial charge in [-0.3, -0.25) is 0 Å². The van der Waals surface area contributed by atoms with Crippen molar-refractivity contribution in [1.29, 1.82) is 0 Å². The molecule has 2 aliphatic rings. The molecule has 0 aromatic heterocycles. The number of hydrogen-bond donors (Lipinski definition) is 0. The molecular formula is C12H18N2O2Se2. The van der Waals surface area contributed by atoms with Crippen molar-refractivity contribution in [3.63, 3.8) is 0 Å². The molecule has 0 bridgehead atoms. The predicted molar refractivity (Wildman–Crippen MR) is 73.0 cm³/mol. The van der Waals surface area contributed by atoms with Crippen LogP contribution < -0.4 is 0 Å². The Hall–Kier alpha value is -0.281. The molecule has 100 valence electrons. The van der Waals surface area contributed by atoms with Crippen LogP contribution in [0.5, 0.6) is 0 Å². The molecule has 0 aromatic carbocycles. The monoisotopic (exact) mass is 382 g/mol. The number of hydrogen-bond acceptors (Lipinski definition) is 2. The molecule has 2 fully saturated rings. The minimum absolute atomic E-state index is 0.0000724. The minimum atomic E-state index is 0.0000724. The molecule has 18 heavy (non-hydrogen) atoms. The fourth-order valence-electron chi connectivity index (χ4n) is 1.92. The molecule has 0 aromatic rings. The second-order valence-corrected chi connectivity index (χ2v) is 9.35. The van der Waals surface area contributed by atoms with Crippen LogP contribution in [0.15, 0.2) is 12.2 Å². The van der Waals surface area contributed by atoms with E-state index in [-0.39, 0.29) is 11.8 Å². The fourth-order valence-corrected chi connectivity index (χ4v) is 5.71. The molecule has 0 atom stereocenters. The summed E-state index contributed by atoms with van der Waals surface area (Å²) in [6.45, 7) is 3.46. The van der Waals surface area contributed by atoms with Gasteiger partial charge in [0.05, 0.1) is 0 Å². The summed E-state index contributed by atoms with van der Waals surface area (Å²) in [5.41, 5.74) is 0. The van der Waals surface area contributed by atoms with Crippen LogP contribution in [0.3, 0.4) is 0 Å². The van der Waals surface area contributed by atoms with E-state index in [0.29, 0.717) is 29.9 Å². The SMILES string of the molecule is O=C(C=CC(=O)N1CC[Se]CC1)N1CC[Se]CC1. The Morgan fingerprint density at radius 3 is 1.39 bits per heavy atom. The average Bonchev–Trinajstić information content (AvgIpc) is 2.46. The van der Waals surface area contributed by atoms with E-state index in [0.717, 1.165) is 47.5 Å². The third-order valence-electron chi connectivity index (χ3n) is 3.01. The van der Waals surface area contributed by atoms with Crippen LogP contribution >= 0.6 is 0 Å². The van der Waals surface area contributed by atoms with Crippen LogP contribution in [0.2, 0.25) is 21.3 Å². The molecule has 0 N–H and O–H groups in total. The van der Waals surface area contributed by atoms with Gasteiger partial charge in [0.1, 0.15) is 0 Å². The Balaban J connectivity index is 1.81. The molecule has 0 unspecified atom stereocenters. The molecule has 4 nitrogen and oxygen atoms in total. The molecule has 2 aliphatic heterocycles. The molecule has 2 rings (SSSR count). The van der Waals surface area contributed by atoms with Gasteiger partial charge in [-0.1, -0.05) is 0 Å². The van der Waals surface area contributed by atoms with Gasteiger partial charge in [-0.2, -0.15) is 0 Å². The molecule has 2 saturated heterocycles. The van der Waals surface area contributed by atoms with Gasteiger partial charge in [-0.05, 0) is 0 Å². The molecule has 2 heterocycles. The summed E-state index contributed by atoms with van der Waals surface area (Å²) >= 11 is 1.43. The van der Waals surface area contributed by atoms with Crippen LogP contribution in [0.1, 0.15) is 0 Å². The van der Waals surface area contributed by atoms with Crippen LogP contribution in [-0.4, -0.2) is 77.7 Å². The van der Waals surface area contributed by atoms with Crippen LogP contribution in [0.25, 0.3) is 0 Å². The van der Waals surface area contributed by atoms with Gasteiger partial charge < -0.3 is 0 Å². The topological polar surface area (TPSA) is 40.6 Å². The summed E-state index contributed by atoms with van der Waals surface area (Å²) in [7, 11) is 0. The van der Waals surface area contributed by atoms with E-state index in [9.17, 15) is 9.59 Å². The molecular weight excluding hydrogens is 362 g/mol. The first-order chi connectivity index (χ1) is 8.77. The number of nitrogens with zero attached hydrogens (tertiary/aromatic N) is 2. The Kier molecular flexibility index (Phi) is 5.77. The quantitative estimate of drug-likeness (QED) is 0.511. The number of carbonyl (C=O) groups is 2. The van der Waals surface area contributed by atoms with Crippen molar-refractivity contribution in [2.45, 2.75) is 21.3 Å². The fraction of sp³-hybridized carbons (Fsp3) is 0.667. The second-order valence-electron chi connectivity index (χ2n) is 4.21. The standard InChI is InChI=1S/C12H18N2O2Se2/c15-11(13-3-7-17-8-4-13)1-2-12(16)14-5-9-18-10-6-14/h1-2H,3-10H2. The Morgan fingerprint density at radius 2 is 1.06 bits per heavy atom. The van der Waals surface area contributed by atoms with Gasteiger partial charge in [-0.25, -0.2) is 0 Å². The van der Waals surface area contributed by atoms with Crippen LogP contribution in [0.4, 0.5) is 0 Å². The maximum atomic E-state index is 11.9. The molecule has 0 radical (unpaired) electrons. The zero-order chi connectivity index (χ0) is 12.8. The Bertz CT molecular complexity index is 303. The third kappa shape index (κ3) is 4.13. The number of carbonyl (C=O) groups excluding carboxylic acids is 2. The van der Waals surface area contributed by atoms with E-state index >= 15 is 0 Å². The van der Waals surface area contributed by atoms with Crippen LogP contribution in [-0.2, 0) is 9.59 Å². The summed E-state index contributed by atoms with van der Waals surface area (Å²) in [5, 5.41) is 4.59. The molecule has 0 saturated carbocycles. The van der Waals surface area contributed by atoms with Crippen molar-refractivity contribution in [2.75, 3.05) is 26.2 Å². The van der Waals surface area contributed by atoms with Crippen molar-refractivity contribution in [3.05, 3.63) is 12.2 Å². The van der Waals surface area contributed by atoms with Crippen molar-refractivity contribution in [2.24, 2.45) is 0 Å². The van der Waals surface area contributed by atoms with Crippen LogP contribution in [0, 0.1) is 0 Å². The average molecular weight is 380 g/mol. The van der Waals surface area contributed by atoms with Gasteiger partial charge in [0.25, 0.3) is 0 Å². The summed E-state index contributed by atoms with van der Waals surface area (Å²) in [4.78, 5) is 27.4. The zero-order valence-electron chi connectivity index (χ0n) is 10.3. The van der Waals surface area contributed by atoms with Crippen molar-refractivity contribution in [3.8, 4) is 0 Å². The Labute approximate surface area is 120 Å². The maximum absolute atomic E-state index is 11.9. The predicted octanol–water partition coefficient (Wildman–Crippen LogP) is 0.309. The third-order valence-corrected chi connectivity index (χ3v) is 6.97. The zero-order valence-corrected chi connectivity index (χ0v) is 13.8. The molecule has 6 heteroatoms. The second kappa shape index (κ2) is 7.34. The van der Waals surface area contributed by atoms with E-state index in [1.165, 1.54) is 12.2 Å². The summed E-state index contributed by atoms with van der Waals surface area (Å²) in [6, 6.07) is 0. The first kappa shape index (κ1) is 14.1. The van der Waals surface area contributed by atoms with Gasteiger partial charge in [0, 0.05) is 0 Å². The van der Waals surface area contributed by atoms with Crippen molar-refractivity contribution < 1.29 is 9.59 Å². The van der Waals surface area contributed by atoms with Gasteiger partial charge in [0.2, 0.25) is 0 Å². The van der Waals surface area contributed by atoms with E-state index in [1.54, 1.807) is 0 Å². The molecule has 2 amide bonds. The van der Waals surface area contributed by atoms with E-state index in [4.69, 9.17) is 0 Å². The van der Waals surface area contributed by atoms with E-state index in [1.807, 2.05) is 9.80 Å². The summed E-state index contributed by atoms with van der Waals surface area (Å²) < 4.78 is 0. The Morgan fingerprint density at radius 1 is 0.722 bits per heavy atom. The van der Waals surface area contributed by atoms with Crippen molar-refractivity contribution >= 4 is 41.7 Å². The van der Waals surface area contributed by atoms with E-state index < -0.39 is 0 Å². The van der Waals surface area contributed by atoms with E-state index in [2.05, 4.69) is 0 Å². The first-order valence-corrected chi connectivity index (χ1v) is 11.0.